The second-order valence-corrected chi connectivity index (χ2v) is 10.7. The summed E-state index contributed by atoms with van der Waals surface area (Å²) in [5.74, 6) is 0.0780. The molecule has 0 bridgehead atoms. The molecule has 0 rings (SSSR count). The fraction of sp³-hybridized carbons (Fsp3) is 0.824. The zero-order valence-electron chi connectivity index (χ0n) is 25.9. The number of nitrogens with one attached hydrogen (secondary N) is 1. The van der Waals surface area contributed by atoms with E-state index in [2.05, 4.69) is 50.4 Å². The van der Waals surface area contributed by atoms with E-state index in [9.17, 15) is 9.59 Å². The Morgan fingerprint density at radius 1 is 0.500 bits per heavy atom. The quantitative estimate of drug-likeness (QED) is 0.0812. The summed E-state index contributed by atoms with van der Waals surface area (Å²) in [7, 11) is 0. The van der Waals surface area contributed by atoms with E-state index < -0.39 is 0 Å². The number of nitrogens with two attached hydrogens (primary N) is 1. The molecule has 0 spiro atoms. The molecule has 0 aliphatic carbocycles. The Morgan fingerprint density at radius 3 is 1.37 bits per heavy atom. The maximum absolute atomic E-state index is 11.6. The zero-order valence-corrected chi connectivity index (χ0v) is 25.9. The van der Waals surface area contributed by atoms with Crippen LogP contribution in [0.2, 0.25) is 0 Å². The second-order valence-electron chi connectivity index (χ2n) is 10.7. The van der Waals surface area contributed by atoms with Crippen molar-refractivity contribution < 1.29 is 9.59 Å². The van der Waals surface area contributed by atoms with Crippen LogP contribution in [0.15, 0.2) is 24.3 Å². The Kier molecular flexibility index (Phi) is 35.9. The molecule has 0 radical (unpaired) electrons. The van der Waals surface area contributed by atoms with Gasteiger partial charge in [-0.05, 0) is 57.8 Å². The lowest BCUT2D eigenvalue weighted by Crippen LogP contribution is -2.23. The zero-order chi connectivity index (χ0) is 28.4. The molecule has 4 heteroatoms. The van der Waals surface area contributed by atoms with Crippen LogP contribution >= 0.6 is 0 Å². The largest absolute Gasteiger partial charge is 0.370 e. The van der Waals surface area contributed by atoms with Gasteiger partial charge < -0.3 is 11.1 Å². The molecule has 0 heterocycles. The van der Waals surface area contributed by atoms with Crippen molar-refractivity contribution in [2.75, 3.05) is 6.54 Å². The third-order valence-corrected chi connectivity index (χ3v) is 6.70. The minimum Gasteiger partial charge on any atom is -0.370 e. The summed E-state index contributed by atoms with van der Waals surface area (Å²) in [4.78, 5) is 22.1. The van der Waals surface area contributed by atoms with Crippen LogP contribution in [0, 0.1) is 0 Å². The van der Waals surface area contributed by atoms with Crippen molar-refractivity contribution in [1.82, 2.24) is 5.32 Å². The molecule has 0 aromatic carbocycles. The van der Waals surface area contributed by atoms with Crippen LogP contribution in [-0.2, 0) is 9.59 Å². The lowest BCUT2D eigenvalue weighted by atomic mass is 10.1. The third-order valence-electron chi connectivity index (χ3n) is 6.70. The molecule has 3 N–H and O–H groups in total. The Balaban J connectivity index is 0. The predicted octanol–water partition coefficient (Wildman–Crippen LogP) is 10.1. The molecule has 2 amide bonds. The first-order valence-corrected chi connectivity index (χ1v) is 16.4. The molecule has 0 saturated heterocycles. The van der Waals surface area contributed by atoms with Gasteiger partial charge in [0.1, 0.15) is 0 Å². The fourth-order valence-corrected chi connectivity index (χ4v) is 4.15. The standard InChI is InChI=1S/C20H39NO.C14H27NO/c1-3-5-7-9-10-11-12-13-14-15-16-18-20(22)21-19-17-8-6-4-2;1-2-3-4-5-6-7-8-9-10-11-12-13-14(15)16/h9-10H,3-8,11-19H2,1-2H3,(H,21,22);5-6H,2-4,7-13H2,1H3,(H2,15,16)/b10-9-;6-5-. The summed E-state index contributed by atoms with van der Waals surface area (Å²) in [5, 5.41) is 3.03. The second kappa shape index (κ2) is 35.4. The van der Waals surface area contributed by atoms with Crippen molar-refractivity contribution in [2.24, 2.45) is 5.73 Å². The van der Waals surface area contributed by atoms with Gasteiger partial charge in [0.2, 0.25) is 11.8 Å². The molecule has 0 aliphatic rings. The maximum Gasteiger partial charge on any atom is 0.219 e. The number of carbonyl (C=O) groups excluding carboxylic acids is 2. The summed E-state index contributed by atoms with van der Waals surface area (Å²) in [6, 6.07) is 0. The Hall–Kier alpha value is -1.58. The van der Waals surface area contributed by atoms with Gasteiger partial charge in [0.05, 0.1) is 0 Å². The number of primary amides is 1. The van der Waals surface area contributed by atoms with Gasteiger partial charge in [-0.1, -0.05) is 129 Å². The number of hydrogen-bond acceptors (Lipinski definition) is 2. The molecular formula is C34H66N2O2. The van der Waals surface area contributed by atoms with E-state index in [0.29, 0.717) is 12.8 Å². The van der Waals surface area contributed by atoms with Gasteiger partial charge in [0.25, 0.3) is 0 Å². The molecule has 0 aromatic rings. The van der Waals surface area contributed by atoms with E-state index in [0.717, 1.165) is 32.2 Å². The van der Waals surface area contributed by atoms with E-state index in [1.807, 2.05) is 0 Å². The Labute approximate surface area is 238 Å². The van der Waals surface area contributed by atoms with Gasteiger partial charge in [-0.25, -0.2) is 0 Å². The molecule has 38 heavy (non-hydrogen) atoms. The number of unbranched alkanes of at least 4 members (excludes halogenated alkanes) is 17. The van der Waals surface area contributed by atoms with E-state index >= 15 is 0 Å². The monoisotopic (exact) mass is 535 g/mol. The van der Waals surface area contributed by atoms with Crippen molar-refractivity contribution >= 4 is 11.8 Å². The SMILES string of the molecule is CCCC/C=C\CCCCCCCC(=O)NCCCCCC.CCCC/C=C\CCCCCCCC(N)=O. The van der Waals surface area contributed by atoms with Crippen molar-refractivity contribution in [3.8, 4) is 0 Å². The van der Waals surface area contributed by atoms with Crippen LogP contribution in [0.3, 0.4) is 0 Å². The highest BCUT2D eigenvalue weighted by atomic mass is 16.1. The molecule has 0 aromatic heterocycles. The number of amides is 2. The Bertz CT molecular complexity index is 543. The van der Waals surface area contributed by atoms with Crippen molar-refractivity contribution in [2.45, 2.75) is 175 Å². The van der Waals surface area contributed by atoms with Crippen LogP contribution in [0.5, 0.6) is 0 Å². The molecule has 0 aliphatic heterocycles. The van der Waals surface area contributed by atoms with Gasteiger partial charge >= 0.3 is 0 Å². The molecule has 0 unspecified atom stereocenters. The van der Waals surface area contributed by atoms with Crippen LogP contribution in [0.1, 0.15) is 175 Å². The minimum absolute atomic E-state index is 0.168. The minimum atomic E-state index is -0.168. The summed E-state index contributed by atoms with van der Waals surface area (Å²) in [5.41, 5.74) is 5.06. The fourth-order valence-electron chi connectivity index (χ4n) is 4.15. The van der Waals surface area contributed by atoms with Crippen molar-refractivity contribution in [3.63, 3.8) is 0 Å². The topological polar surface area (TPSA) is 72.2 Å². The number of carbonyl (C=O) groups is 2. The summed E-state index contributed by atoms with van der Waals surface area (Å²) < 4.78 is 0. The van der Waals surface area contributed by atoms with E-state index in [4.69, 9.17) is 5.73 Å². The van der Waals surface area contributed by atoms with Gasteiger partial charge in [-0.2, -0.15) is 0 Å². The normalized spacial score (nSPS) is 11.1. The molecule has 4 nitrogen and oxygen atoms in total. The third kappa shape index (κ3) is 38.9. The van der Waals surface area contributed by atoms with Gasteiger partial charge in [-0.3, -0.25) is 9.59 Å². The Morgan fingerprint density at radius 2 is 0.895 bits per heavy atom. The van der Waals surface area contributed by atoms with E-state index in [1.54, 1.807) is 0 Å². The predicted molar refractivity (Wildman–Crippen MR) is 168 cm³/mol. The van der Waals surface area contributed by atoms with Crippen molar-refractivity contribution in [3.05, 3.63) is 24.3 Å². The number of rotatable bonds is 27. The number of allylic oxidation sites excluding steroid dienone is 4. The van der Waals surface area contributed by atoms with Crippen LogP contribution in [0.25, 0.3) is 0 Å². The summed E-state index contributed by atoms with van der Waals surface area (Å²) >= 11 is 0. The molecule has 224 valence electrons. The van der Waals surface area contributed by atoms with Gasteiger partial charge in [0, 0.05) is 19.4 Å². The molecule has 0 atom stereocenters. The van der Waals surface area contributed by atoms with E-state index in [1.165, 1.54) is 116 Å². The highest BCUT2D eigenvalue weighted by Crippen LogP contribution is 2.09. The first-order valence-electron chi connectivity index (χ1n) is 16.4. The molecular weight excluding hydrogens is 468 g/mol. The van der Waals surface area contributed by atoms with E-state index in [-0.39, 0.29) is 11.8 Å². The smallest absolute Gasteiger partial charge is 0.219 e. The van der Waals surface area contributed by atoms with Crippen LogP contribution in [0.4, 0.5) is 0 Å². The van der Waals surface area contributed by atoms with Crippen LogP contribution < -0.4 is 11.1 Å². The maximum atomic E-state index is 11.6. The molecule has 0 fully saturated rings. The first kappa shape index (κ1) is 38.6. The van der Waals surface area contributed by atoms with Gasteiger partial charge in [0.15, 0.2) is 0 Å². The van der Waals surface area contributed by atoms with Crippen LogP contribution in [-0.4, -0.2) is 18.4 Å². The van der Waals surface area contributed by atoms with Gasteiger partial charge in [-0.15, -0.1) is 0 Å². The molecule has 0 saturated carbocycles. The highest BCUT2D eigenvalue weighted by molar-refractivity contribution is 5.75. The lowest BCUT2D eigenvalue weighted by Gasteiger charge is -2.05. The highest BCUT2D eigenvalue weighted by Gasteiger charge is 2.00. The van der Waals surface area contributed by atoms with Crippen molar-refractivity contribution in [1.29, 1.82) is 0 Å². The summed E-state index contributed by atoms with van der Waals surface area (Å²) in [6.45, 7) is 7.53. The lowest BCUT2D eigenvalue weighted by molar-refractivity contribution is -0.121. The number of hydrogen-bond donors (Lipinski definition) is 2. The summed E-state index contributed by atoms with van der Waals surface area (Å²) in [6.07, 6.45) is 37.5. The first-order chi connectivity index (χ1) is 18.6. The average molecular weight is 535 g/mol. The average Bonchev–Trinajstić information content (AvgIpc) is 2.90.